The zero-order valence-electron chi connectivity index (χ0n) is 14.6. The second kappa shape index (κ2) is 6.73. The van der Waals surface area contributed by atoms with E-state index in [1.807, 2.05) is 6.20 Å². The summed E-state index contributed by atoms with van der Waals surface area (Å²) < 4.78 is 19.7. The van der Waals surface area contributed by atoms with Crippen molar-refractivity contribution < 1.29 is 14.2 Å². The summed E-state index contributed by atoms with van der Waals surface area (Å²) in [6.45, 7) is 7.10. The topological polar surface area (TPSA) is 45.5 Å². The zero-order valence-corrected chi connectivity index (χ0v) is 14.6. The van der Waals surface area contributed by atoms with Crippen LogP contribution in [0.1, 0.15) is 36.9 Å². The molecule has 0 aromatic carbocycles. The number of hydrogen-bond donors (Lipinski definition) is 0. The summed E-state index contributed by atoms with van der Waals surface area (Å²) in [5.74, 6) is 1.42. The fourth-order valence-electron chi connectivity index (χ4n) is 3.93. The Morgan fingerprint density at radius 1 is 1.21 bits per heavy atom. The summed E-state index contributed by atoms with van der Waals surface area (Å²) in [7, 11) is 0. The lowest BCUT2D eigenvalue weighted by atomic mass is 10.1. The largest absolute Gasteiger partial charge is 0.476 e. The summed E-state index contributed by atoms with van der Waals surface area (Å²) in [6, 6.07) is 2.08. The number of pyridine rings is 1. The summed E-state index contributed by atoms with van der Waals surface area (Å²) in [5, 5.41) is 1.21. The van der Waals surface area contributed by atoms with E-state index in [1.165, 1.54) is 42.3 Å². The van der Waals surface area contributed by atoms with Crippen LogP contribution in [0, 0.1) is 19.8 Å². The highest BCUT2D eigenvalue weighted by Gasteiger charge is 2.23. The number of hydrogen-bond acceptors (Lipinski definition) is 4. The summed E-state index contributed by atoms with van der Waals surface area (Å²) in [4.78, 5) is 4.53. The minimum atomic E-state index is -0.179. The quantitative estimate of drug-likeness (QED) is 0.840. The molecule has 0 N–H and O–H groups in total. The molecule has 5 heteroatoms. The van der Waals surface area contributed by atoms with E-state index in [4.69, 9.17) is 14.2 Å². The highest BCUT2D eigenvalue weighted by Crippen LogP contribution is 2.33. The predicted molar refractivity (Wildman–Crippen MR) is 92.4 cm³/mol. The molecule has 2 fully saturated rings. The van der Waals surface area contributed by atoms with Crippen LogP contribution in [0.15, 0.2) is 12.3 Å². The van der Waals surface area contributed by atoms with E-state index in [2.05, 4.69) is 29.5 Å². The maximum absolute atomic E-state index is 6.16. The molecule has 2 aromatic rings. The average molecular weight is 330 g/mol. The van der Waals surface area contributed by atoms with Crippen molar-refractivity contribution in [2.75, 3.05) is 19.8 Å². The molecule has 2 aliphatic rings. The zero-order chi connectivity index (χ0) is 16.5. The fraction of sp³-hybridized carbons (Fsp3) is 0.632. The van der Waals surface area contributed by atoms with Crippen molar-refractivity contribution in [2.45, 2.75) is 52.4 Å². The first kappa shape index (κ1) is 15.9. The number of ether oxygens (including phenoxy) is 3. The lowest BCUT2D eigenvalue weighted by Crippen LogP contribution is -2.18. The van der Waals surface area contributed by atoms with Gasteiger partial charge >= 0.3 is 0 Å². The van der Waals surface area contributed by atoms with E-state index < -0.39 is 0 Å². The molecule has 1 aliphatic heterocycles. The molecule has 0 atom stereocenters. The number of fused-ring (bicyclic) bond motifs is 1. The van der Waals surface area contributed by atoms with E-state index in [1.54, 1.807) is 0 Å². The van der Waals surface area contributed by atoms with Gasteiger partial charge in [0.2, 0.25) is 5.88 Å². The molecule has 1 saturated carbocycles. The molecule has 0 bridgehead atoms. The number of rotatable bonds is 5. The standard InChI is InChI=1S/C19H26N2O3/c1-13-14(2)21(11-17-22-9-10-23-17)18-16(13)7-8-20-19(18)24-12-15-5-3-4-6-15/h7-8,15,17H,3-6,9-12H2,1-2H3. The van der Waals surface area contributed by atoms with Gasteiger partial charge in [0, 0.05) is 17.3 Å². The lowest BCUT2D eigenvalue weighted by Gasteiger charge is -2.16. The van der Waals surface area contributed by atoms with Gasteiger partial charge in [0.05, 0.1) is 26.4 Å². The molecule has 0 spiro atoms. The Hall–Kier alpha value is -1.59. The number of aromatic nitrogens is 2. The number of aryl methyl sites for hydroxylation is 1. The first-order valence-electron chi connectivity index (χ1n) is 9.04. The van der Waals surface area contributed by atoms with Crippen LogP contribution in [0.5, 0.6) is 5.88 Å². The predicted octanol–water partition coefficient (Wildman–Crippen LogP) is 3.60. The number of nitrogens with zero attached hydrogens (tertiary/aromatic N) is 2. The third kappa shape index (κ3) is 2.91. The monoisotopic (exact) mass is 330 g/mol. The molecule has 0 radical (unpaired) electrons. The Kier molecular flexibility index (Phi) is 4.46. The van der Waals surface area contributed by atoms with Crippen LogP contribution in [0.25, 0.3) is 10.9 Å². The highest BCUT2D eigenvalue weighted by atomic mass is 16.7. The Morgan fingerprint density at radius 3 is 2.71 bits per heavy atom. The maximum Gasteiger partial charge on any atom is 0.238 e. The third-order valence-electron chi connectivity index (χ3n) is 5.47. The van der Waals surface area contributed by atoms with Gasteiger partial charge in [-0.3, -0.25) is 0 Å². The molecule has 1 saturated heterocycles. The molecule has 4 rings (SSSR count). The van der Waals surface area contributed by atoms with E-state index in [0.717, 1.165) is 18.0 Å². The van der Waals surface area contributed by atoms with Crippen molar-refractivity contribution in [3.05, 3.63) is 23.5 Å². The molecule has 24 heavy (non-hydrogen) atoms. The molecular formula is C19H26N2O3. The molecule has 2 aromatic heterocycles. The van der Waals surface area contributed by atoms with Crippen molar-refractivity contribution in [2.24, 2.45) is 5.92 Å². The molecule has 0 amide bonds. The van der Waals surface area contributed by atoms with Gasteiger partial charge < -0.3 is 18.8 Å². The summed E-state index contributed by atoms with van der Waals surface area (Å²) in [5.41, 5.74) is 3.57. The van der Waals surface area contributed by atoms with Gasteiger partial charge in [-0.25, -0.2) is 4.98 Å². The van der Waals surface area contributed by atoms with Gasteiger partial charge in [0.1, 0.15) is 5.52 Å². The SMILES string of the molecule is Cc1c(C)n(CC2OCCO2)c2c(OCC3CCCC3)nccc12. The smallest absolute Gasteiger partial charge is 0.238 e. The van der Waals surface area contributed by atoms with Crippen LogP contribution < -0.4 is 4.74 Å². The van der Waals surface area contributed by atoms with Crippen LogP contribution in [0.2, 0.25) is 0 Å². The Bertz CT molecular complexity index is 713. The maximum atomic E-state index is 6.16. The van der Waals surface area contributed by atoms with Crippen molar-refractivity contribution in [1.29, 1.82) is 0 Å². The van der Waals surface area contributed by atoms with Gasteiger partial charge in [-0.1, -0.05) is 12.8 Å². The molecule has 0 unspecified atom stereocenters. The van der Waals surface area contributed by atoms with Crippen molar-refractivity contribution >= 4 is 10.9 Å². The Balaban J connectivity index is 1.66. The van der Waals surface area contributed by atoms with E-state index in [9.17, 15) is 0 Å². The molecule has 3 heterocycles. The summed E-state index contributed by atoms with van der Waals surface area (Å²) in [6.07, 6.45) is 6.89. The minimum absolute atomic E-state index is 0.179. The van der Waals surface area contributed by atoms with E-state index in [0.29, 0.717) is 25.7 Å². The average Bonchev–Trinajstić information content (AvgIpc) is 3.33. The third-order valence-corrected chi connectivity index (χ3v) is 5.47. The van der Waals surface area contributed by atoms with E-state index >= 15 is 0 Å². The van der Waals surface area contributed by atoms with Crippen LogP contribution in [0.4, 0.5) is 0 Å². The van der Waals surface area contributed by atoms with Crippen molar-refractivity contribution in [3.8, 4) is 5.88 Å². The second-order valence-electron chi connectivity index (χ2n) is 6.97. The van der Waals surface area contributed by atoms with Crippen molar-refractivity contribution in [3.63, 3.8) is 0 Å². The lowest BCUT2D eigenvalue weighted by molar-refractivity contribution is -0.0520. The molecule has 1 aliphatic carbocycles. The van der Waals surface area contributed by atoms with Gasteiger partial charge in [-0.2, -0.15) is 0 Å². The van der Waals surface area contributed by atoms with Gasteiger partial charge in [-0.15, -0.1) is 0 Å². The first-order valence-corrected chi connectivity index (χ1v) is 9.04. The van der Waals surface area contributed by atoms with Gasteiger partial charge in [0.15, 0.2) is 6.29 Å². The van der Waals surface area contributed by atoms with E-state index in [-0.39, 0.29) is 6.29 Å². The van der Waals surface area contributed by atoms with Crippen molar-refractivity contribution in [1.82, 2.24) is 9.55 Å². The summed E-state index contributed by atoms with van der Waals surface area (Å²) >= 11 is 0. The van der Waals surface area contributed by atoms with Crippen LogP contribution in [0.3, 0.4) is 0 Å². The van der Waals surface area contributed by atoms with Crippen LogP contribution in [-0.2, 0) is 16.0 Å². The first-order chi connectivity index (χ1) is 11.7. The molecular weight excluding hydrogens is 304 g/mol. The second-order valence-corrected chi connectivity index (χ2v) is 6.97. The normalized spacial score (nSPS) is 19.6. The van der Waals surface area contributed by atoms with Gasteiger partial charge in [-0.05, 0) is 44.2 Å². The Labute approximate surface area is 142 Å². The highest BCUT2D eigenvalue weighted by molar-refractivity contribution is 5.88. The fourth-order valence-corrected chi connectivity index (χ4v) is 3.93. The molecule has 5 nitrogen and oxygen atoms in total. The molecule has 130 valence electrons. The minimum Gasteiger partial charge on any atom is -0.476 e. The van der Waals surface area contributed by atoms with Crippen LogP contribution in [-0.4, -0.2) is 35.7 Å². The Morgan fingerprint density at radius 2 is 1.96 bits per heavy atom. The van der Waals surface area contributed by atoms with Crippen LogP contribution >= 0.6 is 0 Å². The van der Waals surface area contributed by atoms with Gasteiger partial charge in [0.25, 0.3) is 0 Å².